The molecule has 0 aliphatic carbocycles. The number of para-hydroxylation sites is 2. The molecule has 3 heterocycles. The fraction of sp³-hybridized carbons (Fsp3) is 0.250. The minimum atomic E-state index is 0.0600. The Morgan fingerprint density at radius 3 is 2.63 bits per heavy atom. The molecular weight excluding hydrogens is 376 g/mol. The van der Waals surface area contributed by atoms with Crippen molar-refractivity contribution in [2.24, 2.45) is 0 Å². The highest BCUT2D eigenvalue weighted by Crippen LogP contribution is 2.19. The summed E-state index contributed by atoms with van der Waals surface area (Å²) >= 11 is 0. The average Bonchev–Trinajstić information content (AvgIpc) is 3.48. The Bertz CT molecular complexity index is 1120. The summed E-state index contributed by atoms with van der Waals surface area (Å²) in [6.07, 6.45) is 6.85. The molecule has 2 aromatic carbocycles. The lowest BCUT2D eigenvalue weighted by atomic mass is 10.0. The first-order valence-electron chi connectivity index (χ1n) is 10.3. The number of carbonyl (C=O) groups is 1. The lowest BCUT2D eigenvalue weighted by molar-refractivity contribution is 0.0704. The van der Waals surface area contributed by atoms with Gasteiger partial charge in [0.15, 0.2) is 0 Å². The predicted octanol–water partition coefficient (Wildman–Crippen LogP) is 4.01. The van der Waals surface area contributed by atoms with Crippen LogP contribution in [0.4, 0.5) is 0 Å². The van der Waals surface area contributed by atoms with Crippen LogP contribution in [0, 0.1) is 0 Å². The van der Waals surface area contributed by atoms with E-state index in [1.165, 1.54) is 11.8 Å². The second-order valence-electron chi connectivity index (χ2n) is 7.73. The van der Waals surface area contributed by atoms with E-state index in [0.29, 0.717) is 11.6 Å². The van der Waals surface area contributed by atoms with Gasteiger partial charge in [0.2, 0.25) is 0 Å². The molecule has 1 N–H and O–H groups in total. The number of imidazole rings is 1. The van der Waals surface area contributed by atoms with Crippen LogP contribution in [0.5, 0.6) is 0 Å². The van der Waals surface area contributed by atoms with Gasteiger partial charge in [-0.25, -0.2) is 4.98 Å². The topological polar surface area (TPSA) is 63.3 Å². The number of hydrogen-bond donors (Lipinski definition) is 1. The third kappa shape index (κ3) is 3.74. The monoisotopic (exact) mass is 400 g/mol. The number of carbonyl (C=O) groups excluding carboxylic acids is 1. The zero-order valence-electron chi connectivity index (χ0n) is 16.7. The summed E-state index contributed by atoms with van der Waals surface area (Å²) in [6, 6.07) is 18.9. The van der Waals surface area contributed by atoms with E-state index in [2.05, 4.69) is 45.2 Å². The normalized spacial score (nSPS) is 15.0. The molecule has 1 aliphatic heterocycles. The van der Waals surface area contributed by atoms with Crippen LogP contribution >= 0.6 is 0 Å². The third-order valence-electron chi connectivity index (χ3n) is 5.81. The summed E-state index contributed by atoms with van der Waals surface area (Å²) in [5.41, 5.74) is 5.10. The Kier molecular flexibility index (Phi) is 5.07. The number of rotatable bonds is 5. The zero-order valence-corrected chi connectivity index (χ0v) is 16.7. The Morgan fingerprint density at radius 2 is 1.87 bits per heavy atom. The molecule has 1 amide bonds. The molecule has 6 heteroatoms. The van der Waals surface area contributed by atoms with E-state index in [1.54, 1.807) is 12.3 Å². The number of benzene rings is 2. The highest BCUT2D eigenvalue weighted by molar-refractivity contribution is 5.93. The molecule has 30 heavy (non-hydrogen) atoms. The Balaban J connectivity index is 1.15. The zero-order chi connectivity index (χ0) is 20.3. The quantitative estimate of drug-likeness (QED) is 0.550. The maximum absolute atomic E-state index is 12.4. The largest absolute Gasteiger partial charge is 0.472 e. The van der Waals surface area contributed by atoms with Crippen LogP contribution in [0.2, 0.25) is 0 Å². The number of likely N-dealkylation sites (tertiary alicyclic amines) is 1. The minimum Gasteiger partial charge on any atom is -0.472 e. The van der Waals surface area contributed by atoms with Gasteiger partial charge in [0.25, 0.3) is 5.91 Å². The second-order valence-corrected chi connectivity index (χ2v) is 7.73. The fourth-order valence-corrected chi connectivity index (χ4v) is 4.06. The van der Waals surface area contributed by atoms with Gasteiger partial charge in [-0.1, -0.05) is 24.3 Å². The van der Waals surface area contributed by atoms with Gasteiger partial charge in [-0.3, -0.25) is 9.36 Å². The second kappa shape index (κ2) is 8.16. The maximum Gasteiger partial charge on any atom is 0.257 e. The van der Waals surface area contributed by atoms with E-state index in [1.807, 2.05) is 29.4 Å². The van der Waals surface area contributed by atoms with E-state index >= 15 is 0 Å². The Labute approximate surface area is 175 Å². The number of nitrogens with one attached hydrogen (secondary N) is 1. The number of aromatic nitrogens is 2. The van der Waals surface area contributed by atoms with Gasteiger partial charge >= 0.3 is 0 Å². The molecule has 6 nitrogen and oxygen atoms in total. The van der Waals surface area contributed by atoms with E-state index in [-0.39, 0.29) is 5.91 Å². The van der Waals surface area contributed by atoms with Gasteiger partial charge in [0.1, 0.15) is 12.6 Å². The molecule has 0 unspecified atom stereocenters. The van der Waals surface area contributed by atoms with Crippen molar-refractivity contribution in [3.63, 3.8) is 0 Å². The number of amides is 1. The van der Waals surface area contributed by atoms with E-state index in [4.69, 9.17) is 4.42 Å². The number of fused-ring (bicyclic) bond motifs is 1. The van der Waals surface area contributed by atoms with E-state index in [9.17, 15) is 4.79 Å². The third-order valence-corrected chi connectivity index (χ3v) is 5.81. The van der Waals surface area contributed by atoms with Crippen LogP contribution in [-0.2, 0) is 6.54 Å². The smallest absolute Gasteiger partial charge is 0.257 e. The number of furan rings is 1. The Morgan fingerprint density at radius 1 is 1.07 bits per heavy atom. The average molecular weight is 400 g/mol. The van der Waals surface area contributed by atoms with Crippen molar-refractivity contribution in [2.75, 3.05) is 13.1 Å². The number of nitrogens with zero attached hydrogens (tertiary/aromatic N) is 3. The first-order valence-corrected chi connectivity index (χ1v) is 10.3. The predicted molar refractivity (Wildman–Crippen MR) is 116 cm³/mol. The van der Waals surface area contributed by atoms with Gasteiger partial charge in [0, 0.05) is 31.4 Å². The SMILES string of the molecule is O=C(c1ccoc1)N1CCC(NCc2ccc(-n3cnc4ccccc43)cc2)CC1. The van der Waals surface area contributed by atoms with Crippen LogP contribution in [0.3, 0.4) is 0 Å². The van der Waals surface area contributed by atoms with Crippen molar-refractivity contribution in [1.82, 2.24) is 19.8 Å². The molecule has 0 spiro atoms. The van der Waals surface area contributed by atoms with E-state index < -0.39 is 0 Å². The summed E-state index contributed by atoms with van der Waals surface area (Å²) in [5, 5.41) is 3.64. The van der Waals surface area contributed by atoms with Crippen LogP contribution in [-0.4, -0.2) is 39.5 Å². The van der Waals surface area contributed by atoms with Crippen LogP contribution in [0.25, 0.3) is 16.7 Å². The maximum atomic E-state index is 12.4. The summed E-state index contributed by atoms with van der Waals surface area (Å²) < 4.78 is 7.13. The van der Waals surface area contributed by atoms with Crippen molar-refractivity contribution < 1.29 is 9.21 Å². The molecule has 4 aromatic rings. The van der Waals surface area contributed by atoms with Crippen LogP contribution in [0.15, 0.2) is 77.9 Å². The summed E-state index contributed by atoms with van der Waals surface area (Å²) in [7, 11) is 0. The Hall–Kier alpha value is -3.38. The molecule has 1 saturated heterocycles. The van der Waals surface area contributed by atoms with Crippen LogP contribution in [0.1, 0.15) is 28.8 Å². The molecule has 0 saturated carbocycles. The molecule has 5 rings (SSSR count). The lowest BCUT2D eigenvalue weighted by Gasteiger charge is -2.32. The molecule has 0 bridgehead atoms. The van der Waals surface area contributed by atoms with Crippen molar-refractivity contribution >= 4 is 16.9 Å². The van der Waals surface area contributed by atoms with Gasteiger partial charge in [0.05, 0.1) is 22.9 Å². The highest BCUT2D eigenvalue weighted by atomic mass is 16.3. The fourth-order valence-electron chi connectivity index (χ4n) is 4.06. The van der Waals surface area contributed by atoms with Crippen molar-refractivity contribution in [2.45, 2.75) is 25.4 Å². The molecular formula is C24H24N4O2. The lowest BCUT2D eigenvalue weighted by Crippen LogP contribution is -2.44. The molecule has 1 aliphatic rings. The molecule has 1 fully saturated rings. The minimum absolute atomic E-state index is 0.0600. The van der Waals surface area contributed by atoms with Gasteiger partial charge < -0.3 is 14.6 Å². The molecule has 152 valence electrons. The first-order chi connectivity index (χ1) is 14.8. The van der Waals surface area contributed by atoms with Gasteiger partial charge in [-0.05, 0) is 48.7 Å². The number of piperidine rings is 1. The molecule has 0 atom stereocenters. The van der Waals surface area contributed by atoms with Crippen LogP contribution < -0.4 is 5.32 Å². The summed E-state index contributed by atoms with van der Waals surface area (Å²) in [6.45, 7) is 2.37. The van der Waals surface area contributed by atoms with Crippen molar-refractivity contribution in [3.8, 4) is 5.69 Å². The van der Waals surface area contributed by atoms with Crippen molar-refractivity contribution in [1.29, 1.82) is 0 Å². The van der Waals surface area contributed by atoms with Crippen molar-refractivity contribution in [3.05, 3.63) is 84.6 Å². The summed E-state index contributed by atoms with van der Waals surface area (Å²) in [5.74, 6) is 0.0600. The summed E-state index contributed by atoms with van der Waals surface area (Å²) in [4.78, 5) is 18.8. The number of hydrogen-bond acceptors (Lipinski definition) is 4. The molecule has 0 radical (unpaired) electrons. The molecule has 2 aromatic heterocycles. The van der Waals surface area contributed by atoms with E-state index in [0.717, 1.165) is 49.2 Å². The van der Waals surface area contributed by atoms with Gasteiger partial charge in [-0.15, -0.1) is 0 Å². The highest BCUT2D eigenvalue weighted by Gasteiger charge is 2.23. The first kappa shape index (κ1) is 18.6. The standard InChI is InChI=1S/C24H24N4O2/c29-24(19-11-14-30-16-19)27-12-9-20(10-13-27)25-15-18-5-7-21(8-6-18)28-17-26-22-3-1-2-4-23(22)28/h1-8,11,14,16-17,20,25H,9-10,12-13,15H2. The van der Waals surface area contributed by atoms with Gasteiger partial charge in [-0.2, -0.15) is 0 Å².